The minimum absolute atomic E-state index is 0.0657. The lowest BCUT2D eigenvalue weighted by atomic mass is 10.1. The average molecular weight is 189 g/mol. The van der Waals surface area contributed by atoms with Crippen molar-refractivity contribution >= 4 is 8.03 Å². The maximum Gasteiger partial charge on any atom is 0.508 e. The summed E-state index contributed by atoms with van der Waals surface area (Å²) in [5, 5.41) is 0. The molecule has 0 fully saturated rings. The molecule has 0 aromatic rings. The molecule has 3 heteroatoms. The molecule has 0 spiro atoms. The van der Waals surface area contributed by atoms with Crippen molar-refractivity contribution < 1.29 is 9.46 Å². The number of allylic oxidation sites excluding steroid dienone is 1. The molecule has 0 heterocycles. The zero-order valence-electron chi connectivity index (χ0n) is 7.70. The van der Waals surface area contributed by atoms with Gasteiger partial charge < -0.3 is 0 Å². The topological polar surface area (TPSA) is 37.3 Å². The highest BCUT2D eigenvalue weighted by Gasteiger charge is 2.26. The second-order valence-corrected chi connectivity index (χ2v) is 4.31. The van der Waals surface area contributed by atoms with Gasteiger partial charge in [0.1, 0.15) is 0 Å². The van der Waals surface area contributed by atoms with Gasteiger partial charge in [0.25, 0.3) is 0 Å². The zero-order chi connectivity index (χ0) is 9.40. The van der Waals surface area contributed by atoms with Gasteiger partial charge in [0, 0.05) is 6.42 Å². The van der Waals surface area contributed by atoms with Crippen LogP contribution in [0.2, 0.25) is 0 Å². The zero-order valence-corrected chi connectivity index (χ0v) is 8.59. The largest absolute Gasteiger partial charge is 0.508 e. The van der Waals surface area contributed by atoms with Crippen molar-refractivity contribution in [3.63, 3.8) is 0 Å². The van der Waals surface area contributed by atoms with E-state index in [1.165, 1.54) is 0 Å². The van der Waals surface area contributed by atoms with Crippen LogP contribution in [0.15, 0.2) is 12.7 Å². The van der Waals surface area contributed by atoms with Gasteiger partial charge in [0.05, 0.1) is 0 Å². The van der Waals surface area contributed by atoms with Crippen LogP contribution >= 0.6 is 8.03 Å². The van der Waals surface area contributed by atoms with Crippen LogP contribution in [0.25, 0.3) is 0 Å². The van der Waals surface area contributed by atoms with E-state index in [9.17, 15) is 4.57 Å². The number of hydrogen-bond donors (Lipinski definition) is 1. The van der Waals surface area contributed by atoms with Crippen LogP contribution in [0.4, 0.5) is 0 Å². The number of unbranched alkanes of at least 4 members (excludes halogenated alkanes) is 2. The standard InChI is InChI=1S/C9H17O2P/c1-3-5-6-8-9(7-4-2)12(10)11/h4,9H,2-3,5-8H2,1H3/p+1. The van der Waals surface area contributed by atoms with Crippen molar-refractivity contribution in [1.82, 2.24) is 0 Å². The first-order chi connectivity index (χ1) is 5.72. The molecule has 2 unspecified atom stereocenters. The Bertz CT molecular complexity index is 145. The van der Waals surface area contributed by atoms with Crippen LogP contribution in [-0.2, 0) is 4.57 Å². The monoisotopic (exact) mass is 189 g/mol. The molecular weight excluding hydrogens is 171 g/mol. The Hall–Kier alpha value is -0.200. The number of hydrogen-bond acceptors (Lipinski definition) is 1. The molecule has 0 aromatic heterocycles. The quantitative estimate of drug-likeness (QED) is 0.379. The van der Waals surface area contributed by atoms with Gasteiger partial charge in [-0.25, -0.2) is 0 Å². The summed E-state index contributed by atoms with van der Waals surface area (Å²) in [5.74, 6) is 0. The van der Waals surface area contributed by atoms with Gasteiger partial charge in [0.2, 0.25) is 0 Å². The molecule has 2 nitrogen and oxygen atoms in total. The molecule has 0 aliphatic carbocycles. The third-order valence-corrected chi connectivity index (χ3v) is 2.99. The smallest absolute Gasteiger partial charge is 0.161 e. The highest BCUT2D eigenvalue weighted by molar-refractivity contribution is 7.38. The van der Waals surface area contributed by atoms with Crippen LogP contribution in [0.1, 0.15) is 39.0 Å². The maximum absolute atomic E-state index is 10.8. The molecule has 0 saturated heterocycles. The molecule has 0 amide bonds. The van der Waals surface area contributed by atoms with E-state index >= 15 is 0 Å². The number of rotatable bonds is 7. The van der Waals surface area contributed by atoms with E-state index in [0.717, 1.165) is 25.7 Å². The second kappa shape index (κ2) is 7.45. The minimum atomic E-state index is -2.01. The second-order valence-electron chi connectivity index (χ2n) is 2.98. The molecule has 0 aromatic carbocycles. The fraction of sp³-hybridized carbons (Fsp3) is 0.778. The van der Waals surface area contributed by atoms with Crippen LogP contribution in [-0.4, -0.2) is 10.6 Å². The summed E-state index contributed by atoms with van der Waals surface area (Å²) in [6, 6.07) is 0. The van der Waals surface area contributed by atoms with Gasteiger partial charge >= 0.3 is 8.03 Å². The predicted molar refractivity (Wildman–Crippen MR) is 52.6 cm³/mol. The van der Waals surface area contributed by atoms with Crippen LogP contribution in [0, 0.1) is 0 Å². The molecule has 0 rings (SSSR count). The Balaban J connectivity index is 3.63. The molecule has 1 N–H and O–H groups in total. The third-order valence-electron chi connectivity index (χ3n) is 1.89. The van der Waals surface area contributed by atoms with Gasteiger partial charge in [-0.2, -0.15) is 4.89 Å². The lowest BCUT2D eigenvalue weighted by Crippen LogP contribution is -2.00. The Morgan fingerprint density at radius 3 is 2.67 bits per heavy atom. The van der Waals surface area contributed by atoms with Crippen molar-refractivity contribution in [3.05, 3.63) is 12.7 Å². The highest BCUT2D eigenvalue weighted by atomic mass is 31.1. The lowest BCUT2D eigenvalue weighted by molar-refractivity contribution is 0.479. The summed E-state index contributed by atoms with van der Waals surface area (Å²) in [4.78, 5) is 8.90. The van der Waals surface area contributed by atoms with E-state index in [0.29, 0.717) is 6.42 Å². The first kappa shape index (κ1) is 11.8. The highest BCUT2D eigenvalue weighted by Crippen LogP contribution is 2.29. The van der Waals surface area contributed by atoms with E-state index in [1.54, 1.807) is 6.08 Å². The first-order valence-electron chi connectivity index (χ1n) is 4.48. The fourth-order valence-electron chi connectivity index (χ4n) is 1.14. The summed E-state index contributed by atoms with van der Waals surface area (Å²) < 4.78 is 10.8. The first-order valence-corrected chi connectivity index (χ1v) is 5.76. The van der Waals surface area contributed by atoms with Crippen LogP contribution in [0.5, 0.6) is 0 Å². The Kier molecular flexibility index (Phi) is 7.33. The summed E-state index contributed by atoms with van der Waals surface area (Å²) in [5.41, 5.74) is -0.0657. The van der Waals surface area contributed by atoms with Gasteiger partial charge in [0.15, 0.2) is 5.66 Å². The molecule has 12 heavy (non-hydrogen) atoms. The predicted octanol–water partition coefficient (Wildman–Crippen LogP) is 3.25. The minimum Gasteiger partial charge on any atom is -0.161 e. The van der Waals surface area contributed by atoms with Gasteiger partial charge in [-0.1, -0.05) is 25.8 Å². The summed E-state index contributed by atoms with van der Waals surface area (Å²) in [6.45, 7) is 5.70. The van der Waals surface area contributed by atoms with E-state index < -0.39 is 8.03 Å². The molecule has 2 atom stereocenters. The lowest BCUT2D eigenvalue weighted by Gasteiger charge is -2.00. The van der Waals surface area contributed by atoms with E-state index in [-0.39, 0.29) is 5.66 Å². The van der Waals surface area contributed by atoms with Gasteiger partial charge in [-0.3, -0.25) is 0 Å². The van der Waals surface area contributed by atoms with Crippen molar-refractivity contribution in [2.75, 3.05) is 0 Å². The van der Waals surface area contributed by atoms with Crippen LogP contribution in [0.3, 0.4) is 0 Å². The van der Waals surface area contributed by atoms with E-state index in [4.69, 9.17) is 4.89 Å². The van der Waals surface area contributed by atoms with Crippen molar-refractivity contribution in [1.29, 1.82) is 0 Å². The fourth-order valence-corrected chi connectivity index (χ4v) is 1.87. The van der Waals surface area contributed by atoms with Gasteiger partial charge in [-0.05, 0) is 17.4 Å². The molecule has 0 aliphatic rings. The van der Waals surface area contributed by atoms with E-state index in [2.05, 4.69) is 13.5 Å². The van der Waals surface area contributed by atoms with Crippen LogP contribution < -0.4 is 0 Å². The third kappa shape index (κ3) is 5.45. The van der Waals surface area contributed by atoms with Crippen molar-refractivity contribution in [2.24, 2.45) is 0 Å². The summed E-state index contributed by atoms with van der Waals surface area (Å²) in [7, 11) is -2.01. The van der Waals surface area contributed by atoms with Crippen molar-refractivity contribution in [2.45, 2.75) is 44.7 Å². The Morgan fingerprint density at radius 1 is 1.58 bits per heavy atom. The molecule has 0 aliphatic heterocycles. The van der Waals surface area contributed by atoms with E-state index in [1.807, 2.05) is 0 Å². The summed E-state index contributed by atoms with van der Waals surface area (Å²) >= 11 is 0. The molecule has 0 bridgehead atoms. The average Bonchev–Trinajstić information content (AvgIpc) is 2.03. The normalized spacial score (nSPS) is 14.0. The SMILES string of the molecule is C=CCC(CCCCC)[P+](=O)O. The Morgan fingerprint density at radius 2 is 2.25 bits per heavy atom. The molecule has 70 valence electrons. The molecule has 0 radical (unpaired) electrons. The molecule has 0 saturated carbocycles. The Labute approximate surface area is 75.6 Å². The maximum atomic E-state index is 10.8. The summed E-state index contributed by atoms with van der Waals surface area (Å²) in [6.07, 6.45) is 6.59. The van der Waals surface area contributed by atoms with Gasteiger partial charge in [-0.15, -0.1) is 6.58 Å². The molecular formula is C9H18O2P+. The van der Waals surface area contributed by atoms with Crippen molar-refractivity contribution in [3.8, 4) is 0 Å².